The van der Waals surface area contributed by atoms with Gasteiger partial charge in [-0.15, -0.1) is 0 Å². The lowest BCUT2D eigenvalue weighted by Gasteiger charge is -2.27. The van der Waals surface area contributed by atoms with E-state index in [4.69, 9.17) is 9.47 Å². The maximum absolute atomic E-state index is 13.2. The summed E-state index contributed by atoms with van der Waals surface area (Å²) in [6, 6.07) is 17.3. The maximum atomic E-state index is 13.2. The number of imide groups is 2. The summed E-state index contributed by atoms with van der Waals surface area (Å²) in [6.07, 6.45) is 1.42. The summed E-state index contributed by atoms with van der Waals surface area (Å²) in [6.45, 7) is 2.10. The van der Waals surface area contributed by atoms with Gasteiger partial charge in [0.2, 0.25) is 0 Å². The highest BCUT2D eigenvalue weighted by molar-refractivity contribution is 9.10. The molecule has 9 heteroatoms. The van der Waals surface area contributed by atoms with Gasteiger partial charge in [-0.2, -0.15) is 0 Å². The van der Waals surface area contributed by atoms with Crippen LogP contribution in [0.15, 0.2) is 75.2 Å². The number of benzene rings is 3. The molecule has 0 aromatic heterocycles. The molecule has 4 amide bonds. The average Bonchev–Trinajstić information content (AvgIpc) is 2.83. The molecule has 0 unspecified atom stereocenters. The van der Waals surface area contributed by atoms with Crippen LogP contribution in [0.2, 0.25) is 0 Å². The van der Waals surface area contributed by atoms with Crippen molar-refractivity contribution < 1.29 is 23.9 Å². The van der Waals surface area contributed by atoms with Gasteiger partial charge in [0.1, 0.15) is 12.2 Å². The topological polar surface area (TPSA) is 84.9 Å². The Kier molecular flexibility index (Phi) is 7.37. The molecule has 7 nitrogen and oxygen atoms in total. The van der Waals surface area contributed by atoms with Crippen LogP contribution in [-0.4, -0.2) is 25.0 Å². The monoisotopic (exact) mass is 598 g/mol. The number of hydrogen-bond donors (Lipinski definition) is 1. The number of aryl methyl sites for hydroxylation is 1. The number of ether oxygens (including phenoxy) is 2. The molecule has 0 atom stereocenters. The van der Waals surface area contributed by atoms with Crippen LogP contribution < -0.4 is 19.7 Å². The molecular formula is C26H20Br2N2O5. The van der Waals surface area contributed by atoms with Gasteiger partial charge < -0.3 is 9.47 Å². The van der Waals surface area contributed by atoms with E-state index in [1.54, 1.807) is 43.3 Å². The molecule has 0 bridgehead atoms. The molecule has 4 rings (SSSR count). The lowest BCUT2D eigenvalue weighted by molar-refractivity contribution is -0.122. The first-order valence-electron chi connectivity index (χ1n) is 10.5. The minimum atomic E-state index is -0.790. The van der Waals surface area contributed by atoms with Crippen molar-refractivity contribution in [2.24, 2.45) is 0 Å². The van der Waals surface area contributed by atoms with Crippen molar-refractivity contribution in [2.75, 3.05) is 12.0 Å². The Labute approximate surface area is 219 Å². The van der Waals surface area contributed by atoms with Gasteiger partial charge >= 0.3 is 6.03 Å². The van der Waals surface area contributed by atoms with E-state index in [2.05, 4.69) is 37.2 Å². The number of nitrogens with one attached hydrogen (secondary N) is 1. The number of methoxy groups -OCH3 is 1. The predicted octanol–water partition coefficient (Wildman–Crippen LogP) is 5.77. The zero-order valence-electron chi connectivity index (χ0n) is 18.8. The van der Waals surface area contributed by atoms with E-state index in [1.165, 1.54) is 13.2 Å². The van der Waals surface area contributed by atoms with Crippen LogP contribution >= 0.6 is 31.9 Å². The van der Waals surface area contributed by atoms with Gasteiger partial charge in [-0.3, -0.25) is 14.9 Å². The van der Waals surface area contributed by atoms with E-state index < -0.39 is 17.8 Å². The number of anilines is 1. The number of barbiturate groups is 1. The van der Waals surface area contributed by atoms with Crippen molar-refractivity contribution in [2.45, 2.75) is 13.5 Å². The minimum Gasteiger partial charge on any atom is -0.493 e. The van der Waals surface area contributed by atoms with E-state index in [9.17, 15) is 14.4 Å². The molecule has 1 fully saturated rings. The molecule has 3 aromatic rings. The third-order valence-corrected chi connectivity index (χ3v) is 6.43. The molecule has 35 heavy (non-hydrogen) atoms. The van der Waals surface area contributed by atoms with Gasteiger partial charge in [0, 0.05) is 4.47 Å². The number of rotatable bonds is 6. The van der Waals surface area contributed by atoms with Crippen LogP contribution in [0.25, 0.3) is 6.08 Å². The number of carbonyl (C=O) groups excluding carboxylic acids is 3. The second-order valence-electron chi connectivity index (χ2n) is 7.69. The van der Waals surface area contributed by atoms with Crippen molar-refractivity contribution in [3.8, 4) is 11.5 Å². The number of nitrogens with zero attached hydrogens (tertiary/aromatic N) is 1. The SMILES string of the molecule is COc1cc(/C=C2\C(=O)NC(=O)N(c3ccccc3C)C2=O)cc(Br)c1OCc1ccc(Br)cc1. The number of hydrogen-bond acceptors (Lipinski definition) is 5. The summed E-state index contributed by atoms with van der Waals surface area (Å²) in [5.74, 6) is -0.582. The summed E-state index contributed by atoms with van der Waals surface area (Å²) in [4.78, 5) is 39.2. The van der Waals surface area contributed by atoms with Crippen LogP contribution in [-0.2, 0) is 16.2 Å². The zero-order valence-corrected chi connectivity index (χ0v) is 22.0. The zero-order chi connectivity index (χ0) is 25.1. The molecule has 178 valence electrons. The van der Waals surface area contributed by atoms with E-state index >= 15 is 0 Å². The molecule has 0 spiro atoms. The Morgan fingerprint density at radius 2 is 1.71 bits per heavy atom. The Balaban J connectivity index is 1.64. The third kappa shape index (κ3) is 5.31. The van der Waals surface area contributed by atoms with Gasteiger partial charge in [-0.05, 0) is 76.0 Å². The number of amides is 4. The Hall–Kier alpha value is -3.43. The molecule has 3 aromatic carbocycles. The van der Waals surface area contributed by atoms with E-state index in [1.807, 2.05) is 24.3 Å². The Bertz CT molecular complexity index is 1350. The Morgan fingerprint density at radius 1 is 1.00 bits per heavy atom. The van der Waals surface area contributed by atoms with E-state index in [0.717, 1.165) is 20.5 Å². The van der Waals surface area contributed by atoms with Crippen molar-refractivity contribution >= 4 is 61.5 Å². The van der Waals surface area contributed by atoms with Gasteiger partial charge in [0.15, 0.2) is 11.5 Å². The summed E-state index contributed by atoms with van der Waals surface area (Å²) in [7, 11) is 1.50. The molecule has 0 radical (unpaired) electrons. The number of urea groups is 1. The molecule has 1 aliphatic heterocycles. The molecular weight excluding hydrogens is 580 g/mol. The molecule has 1 N–H and O–H groups in total. The van der Waals surface area contributed by atoms with Crippen molar-refractivity contribution in [1.29, 1.82) is 0 Å². The fourth-order valence-electron chi connectivity index (χ4n) is 3.56. The van der Waals surface area contributed by atoms with Crippen molar-refractivity contribution in [3.63, 3.8) is 0 Å². The minimum absolute atomic E-state index is 0.176. The lowest BCUT2D eigenvalue weighted by Crippen LogP contribution is -2.54. The predicted molar refractivity (Wildman–Crippen MR) is 139 cm³/mol. The second-order valence-corrected chi connectivity index (χ2v) is 9.46. The highest BCUT2D eigenvalue weighted by atomic mass is 79.9. The summed E-state index contributed by atoms with van der Waals surface area (Å²) in [5.41, 5.74) is 2.44. The summed E-state index contributed by atoms with van der Waals surface area (Å²) >= 11 is 6.90. The average molecular weight is 600 g/mol. The van der Waals surface area contributed by atoms with Crippen LogP contribution in [0, 0.1) is 6.92 Å². The quantitative estimate of drug-likeness (QED) is 0.287. The molecule has 1 heterocycles. The largest absolute Gasteiger partial charge is 0.493 e. The van der Waals surface area contributed by atoms with Crippen LogP contribution in [0.3, 0.4) is 0 Å². The van der Waals surface area contributed by atoms with Crippen LogP contribution in [0.4, 0.5) is 10.5 Å². The lowest BCUT2D eigenvalue weighted by atomic mass is 10.1. The van der Waals surface area contributed by atoms with Gasteiger partial charge in [-0.1, -0.05) is 46.3 Å². The highest BCUT2D eigenvalue weighted by Crippen LogP contribution is 2.38. The van der Waals surface area contributed by atoms with E-state index in [0.29, 0.717) is 33.8 Å². The normalized spacial score (nSPS) is 14.8. The summed E-state index contributed by atoms with van der Waals surface area (Å²) in [5, 5.41) is 2.24. The number of carbonyl (C=O) groups is 3. The van der Waals surface area contributed by atoms with Gasteiger partial charge in [0.25, 0.3) is 11.8 Å². The van der Waals surface area contributed by atoms with E-state index in [-0.39, 0.29) is 5.57 Å². The molecule has 1 aliphatic rings. The highest BCUT2D eigenvalue weighted by Gasteiger charge is 2.37. The third-order valence-electron chi connectivity index (χ3n) is 5.32. The first-order chi connectivity index (χ1) is 16.8. The number of para-hydroxylation sites is 1. The molecule has 0 aliphatic carbocycles. The van der Waals surface area contributed by atoms with Crippen LogP contribution in [0.5, 0.6) is 11.5 Å². The van der Waals surface area contributed by atoms with Gasteiger partial charge in [0.05, 0.1) is 17.3 Å². The van der Waals surface area contributed by atoms with Gasteiger partial charge in [-0.25, -0.2) is 9.69 Å². The maximum Gasteiger partial charge on any atom is 0.335 e. The fourth-order valence-corrected chi connectivity index (χ4v) is 4.40. The second kappa shape index (κ2) is 10.5. The molecule has 1 saturated heterocycles. The molecule has 0 saturated carbocycles. The smallest absolute Gasteiger partial charge is 0.335 e. The van der Waals surface area contributed by atoms with Crippen LogP contribution in [0.1, 0.15) is 16.7 Å². The summed E-state index contributed by atoms with van der Waals surface area (Å²) < 4.78 is 13.0. The first-order valence-corrected chi connectivity index (χ1v) is 12.1. The first kappa shape index (κ1) is 24.7. The fraction of sp³-hybridized carbons (Fsp3) is 0.115. The van der Waals surface area contributed by atoms with Crippen molar-refractivity contribution in [1.82, 2.24) is 5.32 Å². The van der Waals surface area contributed by atoms with Crippen molar-refractivity contribution in [3.05, 3.63) is 91.9 Å². The standard InChI is InChI=1S/C26H20Br2N2O5/c1-15-5-3-4-6-21(15)30-25(32)19(24(31)29-26(30)33)11-17-12-20(28)23(22(13-17)34-2)35-14-16-7-9-18(27)10-8-16/h3-13H,14H2,1-2H3,(H,29,31,33)/b19-11+. The Morgan fingerprint density at radius 3 is 2.40 bits per heavy atom. The number of halogens is 2.